The van der Waals surface area contributed by atoms with Crippen LogP contribution in [-0.2, 0) is 14.3 Å². The summed E-state index contributed by atoms with van der Waals surface area (Å²) in [4.78, 5) is 38.4. The van der Waals surface area contributed by atoms with Gasteiger partial charge in [-0.1, -0.05) is 55.0 Å². The first kappa shape index (κ1) is 22.4. The smallest absolute Gasteiger partial charge is 0.407 e. The fourth-order valence-corrected chi connectivity index (χ4v) is 5.60. The average Bonchev–Trinajstić information content (AvgIpc) is 3.49. The zero-order valence-electron chi connectivity index (χ0n) is 19.1. The number of benzene rings is 2. The number of hydrogen-bond donors (Lipinski definition) is 2. The summed E-state index contributed by atoms with van der Waals surface area (Å²) in [6.07, 6.45) is 3.73. The Kier molecular flexibility index (Phi) is 6.26. The van der Waals surface area contributed by atoms with E-state index < -0.39 is 12.1 Å². The number of carbonyl (C=O) groups excluding carboxylic acids is 2. The van der Waals surface area contributed by atoms with Crippen molar-refractivity contribution in [3.8, 4) is 11.1 Å². The fourth-order valence-electron chi connectivity index (χ4n) is 5.60. The highest BCUT2D eigenvalue weighted by molar-refractivity contribution is 5.84. The molecule has 5 rings (SSSR count). The molecule has 0 aliphatic heterocycles. The molecule has 2 aromatic rings. The molecular formula is C27H30N2O5. The lowest BCUT2D eigenvalue weighted by Gasteiger charge is -2.27. The molecule has 2 saturated carbocycles. The summed E-state index contributed by atoms with van der Waals surface area (Å²) in [7, 11) is 0. The van der Waals surface area contributed by atoms with Crippen molar-refractivity contribution in [1.29, 1.82) is 0 Å². The van der Waals surface area contributed by atoms with Crippen molar-refractivity contribution in [2.45, 2.75) is 44.1 Å². The number of nitrogens with one attached hydrogen (secondary N) is 1. The van der Waals surface area contributed by atoms with Gasteiger partial charge in [0.1, 0.15) is 13.2 Å². The van der Waals surface area contributed by atoms with E-state index in [2.05, 4.69) is 29.6 Å². The Morgan fingerprint density at radius 2 is 1.59 bits per heavy atom. The van der Waals surface area contributed by atoms with Crippen molar-refractivity contribution in [3.63, 3.8) is 0 Å². The van der Waals surface area contributed by atoms with Crippen LogP contribution in [-0.4, -0.2) is 53.7 Å². The number of alkyl carbamates (subject to hydrolysis) is 1. The second-order valence-electron chi connectivity index (χ2n) is 9.59. The number of ether oxygens (including phenoxy) is 1. The summed E-state index contributed by atoms with van der Waals surface area (Å²) in [6.45, 7) is 0.367. The van der Waals surface area contributed by atoms with E-state index in [1.807, 2.05) is 24.3 Å². The van der Waals surface area contributed by atoms with Gasteiger partial charge in [-0.05, 0) is 53.9 Å². The Labute approximate surface area is 199 Å². The molecule has 0 radical (unpaired) electrons. The number of hydrogen-bond acceptors (Lipinski definition) is 4. The minimum absolute atomic E-state index is 0.00192. The van der Waals surface area contributed by atoms with Gasteiger partial charge in [-0.25, -0.2) is 4.79 Å². The summed E-state index contributed by atoms with van der Waals surface area (Å²) in [5.74, 6) is -1.30. The molecule has 3 aliphatic rings. The van der Waals surface area contributed by atoms with Gasteiger partial charge >= 0.3 is 12.1 Å². The van der Waals surface area contributed by atoms with Gasteiger partial charge in [0.25, 0.3) is 0 Å². The van der Waals surface area contributed by atoms with Crippen molar-refractivity contribution in [2.24, 2.45) is 11.8 Å². The van der Waals surface area contributed by atoms with Crippen molar-refractivity contribution in [2.75, 3.05) is 19.7 Å². The van der Waals surface area contributed by atoms with Crippen LogP contribution >= 0.6 is 0 Å². The number of amides is 2. The van der Waals surface area contributed by atoms with E-state index in [1.54, 1.807) is 0 Å². The van der Waals surface area contributed by atoms with Crippen LogP contribution in [0.2, 0.25) is 0 Å². The van der Waals surface area contributed by atoms with Crippen molar-refractivity contribution < 1.29 is 24.2 Å². The predicted octanol–water partition coefficient (Wildman–Crippen LogP) is 4.02. The molecule has 7 heteroatoms. The summed E-state index contributed by atoms with van der Waals surface area (Å²) in [5.41, 5.74) is 4.69. The van der Waals surface area contributed by atoms with E-state index in [1.165, 1.54) is 16.0 Å². The highest BCUT2D eigenvalue weighted by Crippen LogP contribution is 2.44. The molecule has 0 unspecified atom stereocenters. The van der Waals surface area contributed by atoms with E-state index in [0.29, 0.717) is 6.54 Å². The fraction of sp³-hybridized carbons (Fsp3) is 0.444. The Balaban J connectivity index is 1.17. The molecule has 0 saturated heterocycles. The molecule has 2 amide bonds. The zero-order chi connectivity index (χ0) is 23.7. The third kappa shape index (κ3) is 4.52. The van der Waals surface area contributed by atoms with Crippen LogP contribution in [0, 0.1) is 11.8 Å². The molecule has 0 aromatic heterocycles. The molecule has 2 fully saturated rings. The normalized spacial score (nSPS) is 20.9. The van der Waals surface area contributed by atoms with Crippen molar-refractivity contribution in [3.05, 3.63) is 59.7 Å². The van der Waals surface area contributed by atoms with Gasteiger partial charge < -0.3 is 20.1 Å². The number of nitrogens with zero attached hydrogens (tertiary/aromatic N) is 1. The molecule has 2 aromatic carbocycles. The maximum Gasteiger partial charge on any atom is 0.407 e. The predicted molar refractivity (Wildman–Crippen MR) is 126 cm³/mol. The first-order chi connectivity index (χ1) is 16.5. The van der Waals surface area contributed by atoms with E-state index >= 15 is 0 Å². The molecule has 178 valence electrons. The minimum atomic E-state index is -0.980. The zero-order valence-corrected chi connectivity index (χ0v) is 19.1. The van der Waals surface area contributed by atoms with Gasteiger partial charge in [0.2, 0.25) is 5.91 Å². The number of rotatable bonds is 8. The number of carboxylic acids is 1. The molecule has 3 aliphatic carbocycles. The highest BCUT2D eigenvalue weighted by atomic mass is 16.5. The quantitative estimate of drug-likeness (QED) is 0.618. The van der Waals surface area contributed by atoms with Crippen LogP contribution < -0.4 is 5.32 Å². The van der Waals surface area contributed by atoms with Gasteiger partial charge in [0.15, 0.2) is 0 Å². The molecular weight excluding hydrogens is 432 g/mol. The van der Waals surface area contributed by atoms with Crippen LogP contribution in [0.25, 0.3) is 11.1 Å². The van der Waals surface area contributed by atoms with Gasteiger partial charge in [-0.3, -0.25) is 9.59 Å². The lowest BCUT2D eigenvalue weighted by Crippen LogP contribution is -2.44. The van der Waals surface area contributed by atoms with Crippen LogP contribution in [0.3, 0.4) is 0 Å². The van der Waals surface area contributed by atoms with Gasteiger partial charge in [0, 0.05) is 24.4 Å². The first-order valence-electron chi connectivity index (χ1n) is 12.1. The van der Waals surface area contributed by atoms with Crippen molar-refractivity contribution >= 4 is 18.0 Å². The van der Waals surface area contributed by atoms with Crippen molar-refractivity contribution in [1.82, 2.24) is 10.2 Å². The van der Waals surface area contributed by atoms with Crippen LogP contribution in [0.4, 0.5) is 4.79 Å². The van der Waals surface area contributed by atoms with Gasteiger partial charge in [0.05, 0.1) is 0 Å². The lowest BCUT2D eigenvalue weighted by molar-refractivity contribution is -0.147. The molecule has 0 bridgehead atoms. The molecule has 2 atom stereocenters. The summed E-state index contributed by atoms with van der Waals surface area (Å²) < 4.78 is 5.62. The SMILES string of the molecule is O=C(O)CN(C(=O)[C@@H]1CCC[C@@H]1CNC(=O)OCC1c2ccccc2-c2ccccc21)C1CC1. The number of fused-ring (bicyclic) bond motifs is 3. The molecule has 0 spiro atoms. The second kappa shape index (κ2) is 9.49. The number of aliphatic carboxylic acids is 1. The van der Waals surface area contributed by atoms with E-state index in [0.717, 1.165) is 43.2 Å². The third-order valence-corrected chi connectivity index (χ3v) is 7.40. The van der Waals surface area contributed by atoms with Crippen LogP contribution in [0.1, 0.15) is 49.1 Å². The maximum atomic E-state index is 13.1. The highest BCUT2D eigenvalue weighted by Gasteiger charge is 2.41. The minimum Gasteiger partial charge on any atom is -0.480 e. The molecule has 7 nitrogen and oxygen atoms in total. The topological polar surface area (TPSA) is 95.9 Å². The second-order valence-corrected chi connectivity index (χ2v) is 9.59. The molecule has 34 heavy (non-hydrogen) atoms. The molecule has 0 heterocycles. The largest absolute Gasteiger partial charge is 0.480 e. The number of carboxylic acid groups (broad SMARTS) is 1. The van der Waals surface area contributed by atoms with E-state index in [4.69, 9.17) is 4.74 Å². The Bertz CT molecular complexity index is 1050. The third-order valence-electron chi connectivity index (χ3n) is 7.40. The summed E-state index contributed by atoms with van der Waals surface area (Å²) in [5, 5.41) is 12.1. The maximum absolute atomic E-state index is 13.1. The average molecular weight is 463 g/mol. The van der Waals surface area contributed by atoms with E-state index in [9.17, 15) is 19.5 Å². The summed E-state index contributed by atoms with van der Waals surface area (Å²) >= 11 is 0. The van der Waals surface area contributed by atoms with Crippen LogP contribution in [0.5, 0.6) is 0 Å². The molecule has 2 N–H and O–H groups in total. The Hall–Kier alpha value is -3.35. The number of carbonyl (C=O) groups is 3. The standard InChI is InChI=1S/C27H30N2O5/c30-25(31)15-29(18-12-13-18)26(32)19-11-5-6-17(19)14-28-27(33)34-16-24-22-9-3-1-7-20(22)21-8-2-4-10-23(21)24/h1-4,7-10,17-19,24H,5-6,11-16H2,(H,28,33)(H,30,31)/t17-,19-/m1/s1. The van der Waals surface area contributed by atoms with Crippen LogP contribution in [0.15, 0.2) is 48.5 Å². The Morgan fingerprint density at radius 3 is 2.21 bits per heavy atom. The van der Waals surface area contributed by atoms with Gasteiger partial charge in [-0.2, -0.15) is 0 Å². The lowest BCUT2D eigenvalue weighted by atomic mass is 9.94. The monoisotopic (exact) mass is 462 g/mol. The summed E-state index contributed by atoms with van der Waals surface area (Å²) in [6, 6.07) is 16.5. The van der Waals surface area contributed by atoms with E-state index in [-0.39, 0.29) is 42.9 Å². The first-order valence-corrected chi connectivity index (χ1v) is 12.1. The Morgan fingerprint density at radius 1 is 0.941 bits per heavy atom. The van der Waals surface area contributed by atoms with Gasteiger partial charge in [-0.15, -0.1) is 0 Å².